The molecule has 1 aliphatic heterocycles. The molecule has 1 saturated heterocycles. The van der Waals surface area contributed by atoms with E-state index < -0.39 is 5.97 Å². The maximum absolute atomic E-state index is 11.0. The van der Waals surface area contributed by atoms with Crippen LogP contribution in [0.5, 0.6) is 0 Å². The molecule has 1 N–H and O–H groups in total. The molecule has 0 unspecified atom stereocenters. The SMILES string of the molecule is O=C(O)c1cccc(-c2ccc(N3CCCC3)cc2)c1. The van der Waals surface area contributed by atoms with Crippen molar-refractivity contribution in [2.75, 3.05) is 18.0 Å². The highest BCUT2D eigenvalue weighted by molar-refractivity contribution is 5.89. The van der Waals surface area contributed by atoms with Gasteiger partial charge in [-0.15, -0.1) is 0 Å². The quantitative estimate of drug-likeness (QED) is 0.922. The molecule has 0 amide bonds. The summed E-state index contributed by atoms with van der Waals surface area (Å²) >= 11 is 0. The average Bonchev–Trinajstić information content (AvgIpc) is 3.02. The molecule has 2 aromatic carbocycles. The highest BCUT2D eigenvalue weighted by Crippen LogP contribution is 2.25. The predicted molar refractivity (Wildman–Crippen MR) is 80.3 cm³/mol. The zero-order chi connectivity index (χ0) is 13.9. The summed E-state index contributed by atoms with van der Waals surface area (Å²) in [4.78, 5) is 13.4. The number of benzene rings is 2. The number of hydrogen-bond donors (Lipinski definition) is 1. The first-order valence-corrected chi connectivity index (χ1v) is 6.93. The van der Waals surface area contributed by atoms with Gasteiger partial charge in [0.05, 0.1) is 5.56 Å². The molecule has 102 valence electrons. The molecule has 1 fully saturated rings. The first-order valence-electron chi connectivity index (χ1n) is 6.93. The molecule has 0 bridgehead atoms. The summed E-state index contributed by atoms with van der Waals surface area (Å²) in [6.07, 6.45) is 2.53. The van der Waals surface area contributed by atoms with E-state index in [2.05, 4.69) is 29.2 Å². The summed E-state index contributed by atoms with van der Waals surface area (Å²) in [7, 11) is 0. The van der Waals surface area contributed by atoms with Gasteiger partial charge in [0.25, 0.3) is 0 Å². The second kappa shape index (κ2) is 5.37. The maximum Gasteiger partial charge on any atom is 0.335 e. The highest BCUT2D eigenvalue weighted by Gasteiger charge is 2.12. The van der Waals surface area contributed by atoms with E-state index in [1.807, 2.05) is 6.07 Å². The largest absolute Gasteiger partial charge is 0.478 e. The fraction of sp³-hybridized carbons (Fsp3) is 0.235. The van der Waals surface area contributed by atoms with Crippen molar-refractivity contribution < 1.29 is 9.90 Å². The van der Waals surface area contributed by atoms with Crippen molar-refractivity contribution in [2.24, 2.45) is 0 Å². The van der Waals surface area contributed by atoms with Gasteiger partial charge in [-0.25, -0.2) is 4.79 Å². The normalized spacial score (nSPS) is 14.5. The standard InChI is InChI=1S/C17H17NO2/c19-17(20)15-5-3-4-14(12-15)13-6-8-16(9-7-13)18-10-1-2-11-18/h3-9,12H,1-2,10-11H2,(H,19,20). The number of nitrogens with zero attached hydrogens (tertiary/aromatic N) is 1. The number of carboxylic acid groups (broad SMARTS) is 1. The van der Waals surface area contributed by atoms with Crippen molar-refractivity contribution in [3.8, 4) is 11.1 Å². The highest BCUT2D eigenvalue weighted by atomic mass is 16.4. The van der Waals surface area contributed by atoms with Gasteiger partial charge in [-0.1, -0.05) is 24.3 Å². The first kappa shape index (κ1) is 12.7. The molecule has 0 aliphatic carbocycles. The van der Waals surface area contributed by atoms with Gasteiger partial charge in [-0.3, -0.25) is 0 Å². The summed E-state index contributed by atoms with van der Waals surface area (Å²) in [6.45, 7) is 2.27. The van der Waals surface area contributed by atoms with E-state index in [0.29, 0.717) is 5.56 Å². The van der Waals surface area contributed by atoms with Crippen LogP contribution in [0.1, 0.15) is 23.2 Å². The van der Waals surface area contributed by atoms with Crippen molar-refractivity contribution in [3.05, 3.63) is 54.1 Å². The van der Waals surface area contributed by atoms with Gasteiger partial charge in [0.1, 0.15) is 0 Å². The molecule has 3 nitrogen and oxygen atoms in total. The topological polar surface area (TPSA) is 40.5 Å². The van der Waals surface area contributed by atoms with E-state index in [-0.39, 0.29) is 0 Å². The van der Waals surface area contributed by atoms with Crippen LogP contribution in [-0.4, -0.2) is 24.2 Å². The lowest BCUT2D eigenvalue weighted by atomic mass is 10.0. The molecular formula is C17H17NO2. The smallest absolute Gasteiger partial charge is 0.335 e. The molecule has 0 radical (unpaired) electrons. The van der Waals surface area contributed by atoms with Gasteiger partial charge in [0.15, 0.2) is 0 Å². The predicted octanol–water partition coefficient (Wildman–Crippen LogP) is 3.65. The molecule has 1 heterocycles. The van der Waals surface area contributed by atoms with E-state index in [4.69, 9.17) is 5.11 Å². The fourth-order valence-corrected chi connectivity index (χ4v) is 2.67. The third-order valence-corrected chi connectivity index (χ3v) is 3.78. The Balaban J connectivity index is 1.87. The number of rotatable bonds is 3. The maximum atomic E-state index is 11.0. The van der Waals surface area contributed by atoms with Crippen LogP contribution in [0.4, 0.5) is 5.69 Å². The van der Waals surface area contributed by atoms with Gasteiger partial charge in [-0.05, 0) is 48.2 Å². The van der Waals surface area contributed by atoms with Crippen LogP contribution in [0.2, 0.25) is 0 Å². The van der Waals surface area contributed by atoms with Gasteiger partial charge in [0.2, 0.25) is 0 Å². The Labute approximate surface area is 118 Å². The van der Waals surface area contributed by atoms with Crippen LogP contribution in [0.3, 0.4) is 0 Å². The molecule has 0 saturated carbocycles. The lowest BCUT2D eigenvalue weighted by Gasteiger charge is -2.17. The minimum Gasteiger partial charge on any atom is -0.478 e. The summed E-state index contributed by atoms with van der Waals surface area (Å²) in [5.74, 6) is -0.888. The monoisotopic (exact) mass is 267 g/mol. The van der Waals surface area contributed by atoms with Crippen LogP contribution in [0.25, 0.3) is 11.1 Å². The van der Waals surface area contributed by atoms with E-state index in [9.17, 15) is 4.79 Å². The van der Waals surface area contributed by atoms with Gasteiger partial charge in [-0.2, -0.15) is 0 Å². The third kappa shape index (κ3) is 2.52. The number of aromatic carboxylic acids is 1. The second-order valence-electron chi connectivity index (χ2n) is 5.13. The van der Waals surface area contributed by atoms with Crippen LogP contribution < -0.4 is 4.90 Å². The summed E-state index contributed by atoms with van der Waals surface area (Å²) in [5.41, 5.74) is 3.57. The van der Waals surface area contributed by atoms with Crippen LogP contribution in [0, 0.1) is 0 Å². The minimum absolute atomic E-state index is 0.325. The van der Waals surface area contributed by atoms with Crippen LogP contribution in [0.15, 0.2) is 48.5 Å². The van der Waals surface area contributed by atoms with Crippen LogP contribution >= 0.6 is 0 Å². The van der Waals surface area contributed by atoms with Crippen molar-refractivity contribution in [2.45, 2.75) is 12.8 Å². The molecule has 20 heavy (non-hydrogen) atoms. The molecule has 2 aromatic rings. The zero-order valence-electron chi connectivity index (χ0n) is 11.2. The van der Waals surface area contributed by atoms with Gasteiger partial charge >= 0.3 is 5.97 Å². The van der Waals surface area contributed by atoms with Crippen molar-refractivity contribution in [3.63, 3.8) is 0 Å². The van der Waals surface area contributed by atoms with Crippen molar-refractivity contribution in [1.82, 2.24) is 0 Å². The second-order valence-corrected chi connectivity index (χ2v) is 5.13. The number of carboxylic acids is 1. The Bertz CT molecular complexity index is 613. The van der Waals surface area contributed by atoms with E-state index in [1.54, 1.807) is 18.2 Å². The summed E-state index contributed by atoms with van der Waals surface area (Å²) in [5, 5.41) is 9.04. The van der Waals surface area contributed by atoms with E-state index in [1.165, 1.54) is 18.5 Å². The lowest BCUT2D eigenvalue weighted by molar-refractivity contribution is 0.0697. The Kier molecular flexibility index (Phi) is 3.42. The van der Waals surface area contributed by atoms with Crippen molar-refractivity contribution in [1.29, 1.82) is 0 Å². The van der Waals surface area contributed by atoms with Gasteiger partial charge in [0, 0.05) is 18.8 Å². The lowest BCUT2D eigenvalue weighted by Crippen LogP contribution is -2.17. The molecule has 3 rings (SSSR count). The number of carbonyl (C=O) groups is 1. The molecule has 0 atom stereocenters. The molecule has 0 aromatic heterocycles. The van der Waals surface area contributed by atoms with Crippen molar-refractivity contribution >= 4 is 11.7 Å². The Morgan fingerprint density at radius 1 is 0.950 bits per heavy atom. The number of anilines is 1. The summed E-state index contributed by atoms with van der Waals surface area (Å²) in [6, 6.07) is 15.4. The van der Waals surface area contributed by atoms with E-state index >= 15 is 0 Å². The number of hydrogen-bond acceptors (Lipinski definition) is 2. The Morgan fingerprint density at radius 2 is 1.65 bits per heavy atom. The Morgan fingerprint density at radius 3 is 2.30 bits per heavy atom. The Hall–Kier alpha value is -2.29. The average molecular weight is 267 g/mol. The molecule has 3 heteroatoms. The fourth-order valence-electron chi connectivity index (χ4n) is 2.67. The first-order chi connectivity index (χ1) is 9.74. The van der Waals surface area contributed by atoms with E-state index in [0.717, 1.165) is 24.2 Å². The zero-order valence-corrected chi connectivity index (χ0v) is 11.2. The minimum atomic E-state index is -0.888. The molecule has 0 spiro atoms. The molecular weight excluding hydrogens is 250 g/mol. The molecule has 1 aliphatic rings. The van der Waals surface area contributed by atoms with Gasteiger partial charge < -0.3 is 10.0 Å². The third-order valence-electron chi connectivity index (χ3n) is 3.78. The van der Waals surface area contributed by atoms with Crippen LogP contribution in [-0.2, 0) is 0 Å². The summed E-state index contributed by atoms with van der Waals surface area (Å²) < 4.78 is 0.